The average molecular weight is 244 g/mol. The monoisotopic (exact) mass is 243 g/mol. The predicted molar refractivity (Wildman–Crippen MR) is 59.8 cm³/mol. The molecule has 2 heterocycles. The molecule has 1 aliphatic heterocycles. The van der Waals surface area contributed by atoms with Crippen molar-refractivity contribution in [2.24, 2.45) is 5.73 Å². The SMILES string of the molecule is CC(=O)c1cc([C@H]2OC[C@@H](N)[C@@H]2Cl)oc1C. The minimum Gasteiger partial charge on any atom is -0.463 e. The van der Waals surface area contributed by atoms with Gasteiger partial charge in [0.15, 0.2) is 5.78 Å². The van der Waals surface area contributed by atoms with E-state index in [2.05, 4.69) is 0 Å². The molecule has 0 amide bonds. The van der Waals surface area contributed by atoms with Crippen LogP contribution in [0.3, 0.4) is 0 Å². The van der Waals surface area contributed by atoms with Crippen LogP contribution in [0.4, 0.5) is 0 Å². The van der Waals surface area contributed by atoms with Crippen LogP contribution in [0, 0.1) is 6.92 Å². The second-order valence-corrected chi connectivity index (χ2v) is 4.54. The largest absolute Gasteiger partial charge is 0.463 e. The number of rotatable bonds is 2. The van der Waals surface area contributed by atoms with Gasteiger partial charge in [-0.3, -0.25) is 4.79 Å². The van der Waals surface area contributed by atoms with E-state index in [4.69, 9.17) is 26.5 Å². The molecule has 1 saturated heterocycles. The summed E-state index contributed by atoms with van der Waals surface area (Å²) in [4.78, 5) is 11.3. The van der Waals surface area contributed by atoms with Gasteiger partial charge in [-0.05, 0) is 19.9 Å². The first-order valence-corrected chi connectivity index (χ1v) is 5.57. The van der Waals surface area contributed by atoms with Crippen LogP contribution >= 0.6 is 11.6 Å². The van der Waals surface area contributed by atoms with E-state index in [1.54, 1.807) is 13.0 Å². The Labute approximate surface area is 98.7 Å². The van der Waals surface area contributed by atoms with Crippen molar-refractivity contribution in [3.8, 4) is 0 Å². The zero-order valence-electron chi connectivity index (χ0n) is 9.20. The number of hydrogen-bond donors (Lipinski definition) is 1. The lowest BCUT2D eigenvalue weighted by Gasteiger charge is -2.11. The summed E-state index contributed by atoms with van der Waals surface area (Å²) in [7, 11) is 0. The molecule has 0 radical (unpaired) electrons. The van der Waals surface area contributed by atoms with Gasteiger partial charge in [-0.2, -0.15) is 0 Å². The second-order valence-electron chi connectivity index (χ2n) is 4.04. The third-order valence-electron chi connectivity index (χ3n) is 2.76. The molecule has 0 saturated carbocycles. The van der Waals surface area contributed by atoms with E-state index < -0.39 is 0 Å². The number of carbonyl (C=O) groups is 1. The summed E-state index contributed by atoms with van der Waals surface area (Å²) in [5.41, 5.74) is 6.32. The van der Waals surface area contributed by atoms with Crippen molar-refractivity contribution in [3.05, 3.63) is 23.2 Å². The van der Waals surface area contributed by atoms with Crippen LogP contribution in [0.1, 0.15) is 34.9 Å². The van der Waals surface area contributed by atoms with Crippen molar-refractivity contribution in [1.29, 1.82) is 0 Å². The van der Waals surface area contributed by atoms with Gasteiger partial charge in [0.25, 0.3) is 0 Å². The second kappa shape index (κ2) is 4.20. The van der Waals surface area contributed by atoms with Crippen LogP contribution in [0.2, 0.25) is 0 Å². The zero-order chi connectivity index (χ0) is 11.9. The molecule has 1 aliphatic rings. The first-order chi connectivity index (χ1) is 7.50. The normalized spacial score (nSPS) is 29.6. The Bertz CT molecular complexity index is 415. The average Bonchev–Trinajstić information content (AvgIpc) is 2.73. The molecule has 3 atom stereocenters. The fourth-order valence-corrected chi connectivity index (χ4v) is 2.13. The standard InChI is InChI=1S/C11H14ClNO3/c1-5(14)7-3-9(16-6(7)2)11-10(12)8(13)4-15-11/h3,8,10-11H,4,13H2,1-2H3/t8-,10+,11-/m1/s1. The maximum absolute atomic E-state index is 11.3. The Morgan fingerprint density at radius 2 is 2.31 bits per heavy atom. The molecule has 88 valence electrons. The molecule has 0 aliphatic carbocycles. The molecule has 0 aromatic carbocycles. The number of aryl methyl sites for hydroxylation is 1. The van der Waals surface area contributed by atoms with E-state index in [0.717, 1.165) is 0 Å². The Kier molecular flexibility index (Phi) is 3.06. The third-order valence-corrected chi connectivity index (χ3v) is 3.32. The van der Waals surface area contributed by atoms with Gasteiger partial charge in [-0.15, -0.1) is 11.6 Å². The predicted octanol–water partition coefficient (Wildman–Crippen LogP) is 1.80. The molecule has 2 N–H and O–H groups in total. The summed E-state index contributed by atoms with van der Waals surface area (Å²) < 4.78 is 10.9. The van der Waals surface area contributed by atoms with Gasteiger partial charge < -0.3 is 14.9 Å². The zero-order valence-corrected chi connectivity index (χ0v) is 9.95. The molecule has 0 spiro atoms. The number of furan rings is 1. The summed E-state index contributed by atoms with van der Waals surface area (Å²) in [6, 6.07) is 1.49. The van der Waals surface area contributed by atoms with E-state index in [1.165, 1.54) is 6.92 Å². The van der Waals surface area contributed by atoms with Gasteiger partial charge in [0.1, 0.15) is 17.6 Å². The van der Waals surface area contributed by atoms with Crippen LogP contribution in [0.15, 0.2) is 10.5 Å². The van der Waals surface area contributed by atoms with Crippen LogP contribution in [-0.4, -0.2) is 23.8 Å². The molecule has 0 unspecified atom stereocenters. The van der Waals surface area contributed by atoms with Crippen LogP contribution in [-0.2, 0) is 4.74 Å². The smallest absolute Gasteiger partial charge is 0.163 e. The fourth-order valence-electron chi connectivity index (χ4n) is 1.86. The summed E-state index contributed by atoms with van der Waals surface area (Å²) in [5.74, 6) is 1.15. The number of hydrogen-bond acceptors (Lipinski definition) is 4. The van der Waals surface area contributed by atoms with Crippen LogP contribution in [0.25, 0.3) is 0 Å². The molecule has 1 aromatic heterocycles. The lowest BCUT2D eigenvalue weighted by atomic mass is 10.1. The van der Waals surface area contributed by atoms with Crippen molar-refractivity contribution in [2.75, 3.05) is 6.61 Å². The summed E-state index contributed by atoms with van der Waals surface area (Å²) >= 11 is 6.11. The van der Waals surface area contributed by atoms with Gasteiger partial charge in [0, 0.05) is 6.04 Å². The summed E-state index contributed by atoms with van der Waals surface area (Å²) in [6.45, 7) is 3.66. The number of alkyl halides is 1. The van der Waals surface area contributed by atoms with Crippen LogP contribution < -0.4 is 5.73 Å². The summed E-state index contributed by atoms with van der Waals surface area (Å²) in [5, 5.41) is -0.314. The maximum atomic E-state index is 11.3. The van der Waals surface area contributed by atoms with Crippen molar-refractivity contribution in [1.82, 2.24) is 0 Å². The van der Waals surface area contributed by atoms with E-state index in [-0.39, 0.29) is 23.3 Å². The number of ether oxygens (including phenoxy) is 1. The Balaban J connectivity index is 2.28. The minimum atomic E-state index is -0.358. The molecular weight excluding hydrogens is 230 g/mol. The number of halogens is 1. The first kappa shape index (κ1) is 11.6. The van der Waals surface area contributed by atoms with Gasteiger partial charge in [0.05, 0.1) is 17.5 Å². The van der Waals surface area contributed by atoms with Gasteiger partial charge in [0.2, 0.25) is 0 Å². The van der Waals surface area contributed by atoms with Crippen molar-refractivity contribution in [3.63, 3.8) is 0 Å². The number of nitrogens with two attached hydrogens (primary N) is 1. The Hall–Kier alpha value is -0.840. The van der Waals surface area contributed by atoms with Gasteiger partial charge in [-0.1, -0.05) is 0 Å². The number of Topliss-reactive ketones (excluding diaryl/α,β-unsaturated/α-hetero) is 1. The lowest BCUT2D eigenvalue weighted by molar-refractivity contribution is 0.0929. The summed E-state index contributed by atoms with van der Waals surface area (Å²) in [6.07, 6.45) is -0.358. The van der Waals surface area contributed by atoms with Crippen molar-refractivity contribution >= 4 is 17.4 Å². The highest BCUT2D eigenvalue weighted by Crippen LogP contribution is 2.34. The highest BCUT2D eigenvalue weighted by atomic mass is 35.5. The quantitative estimate of drug-likeness (QED) is 0.635. The minimum absolute atomic E-state index is 0.0269. The van der Waals surface area contributed by atoms with Crippen molar-refractivity contribution < 1.29 is 13.9 Å². The molecular formula is C11H14ClNO3. The van der Waals surface area contributed by atoms with E-state index >= 15 is 0 Å². The highest BCUT2D eigenvalue weighted by molar-refractivity contribution is 6.21. The van der Waals surface area contributed by atoms with E-state index in [1.807, 2.05) is 0 Å². The Morgan fingerprint density at radius 3 is 2.75 bits per heavy atom. The molecule has 0 bridgehead atoms. The van der Waals surface area contributed by atoms with E-state index in [0.29, 0.717) is 23.7 Å². The lowest BCUT2D eigenvalue weighted by Crippen LogP contribution is -2.29. The molecule has 4 nitrogen and oxygen atoms in total. The highest BCUT2D eigenvalue weighted by Gasteiger charge is 2.37. The molecule has 1 fully saturated rings. The van der Waals surface area contributed by atoms with Gasteiger partial charge >= 0.3 is 0 Å². The molecule has 16 heavy (non-hydrogen) atoms. The molecule has 5 heteroatoms. The fraction of sp³-hybridized carbons (Fsp3) is 0.545. The van der Waals surface area contributed by atoms with Gasteiger partial charge in [-0.25, -0.2) is 0 Å². The first-order valence-electron chi connectivity index (χ1n) is 5.13. The molecule has 2 rings (SSSR count). The topological polar surface area (TPSA) is 65.5 Å². The molecule has 1 aromatic rings. The van der Waals surface area contributed by atoms with Crippen LogP contribution in [0.5, 0.6) is 0 Å². The Morgan fingerprint density at radius 1 is 1.62 bits per heavy atom. The van der Waals surface area contributed by atoms with E-state index in [9.17, 15) is 4.79 Å². The van der Waals surface area contributed by atoms with Crippen molar-refractivity contribution in [2.45, 2.75) is 31.4 Å². The third kappa shape index (κ3) is 1.88. The number of ketones is 1. The maximum Gasteiger partial charge on any atom is 0.163 e. The number of carbonyl (C=O) groups excluding carboxylic acids is 1.